The second-order valence-corrected chi connectivity index (χ2v) is 16.3. The number of carbonyl (C=O) groups is 1. The number of nitrogens with one attached hydrogen (secondary N) is 1. The number of ether oxygens (including phenoxy) is 2. The molecular weight excluding hydrogens is 843 g/mol. The van der Waals surface area contributed by atoms with Crippen molar-refractivity contribution in [2.24, 2.45) is 7.05 Å². The summed E-state index contributed by atoms with van der Waals surface area (Å²) in [4.78, 5) is 31.3. The predicted molar refractivity (Wildman–Crippen MR) is 202 cm³/mol. The van der Waals surface area contributed by atoms with E-state index >= 15 is 0 Å². The van der Waals surface area contributed by atoms with E-state index in [0.29, 0.717) is 17.9 Å². The molecule has 58 heavy (non-hydrogen) atoms. The molecule has 0 aliphatic heterocycles. The molecule has 2 aromatic heterocycles. The molecule has 0 radical (unpaired) electrons. The SMILES string of the molecule is COc1ccc(CCN(c2nn(C)c3c(-n4c(C(Cc5cc(F)cc(F)c5)NC(=O)OC(C)(C)C)nc(OS(=O)(=O)C(F)(F)F)cc4=O)ccc(Cl)c23)S(=O)O)cc1. The molecule has 5 rings (SSSR count). The van der Waals surface area contributed by atoms with Crippen LogP contribution in [0.5, 0.6) is 11.6 Å². The zero-order chi connectivity index (χ0) is 42.9. The fourth-order valence-corrected chi connectivity index (χ4v) is 6.92. The van der Waals surface area contributed by atoms with Gasteiger partial charge in [0.15, 0.2) is 5.82 Å². The first kappa shape index (κ1) is 43.8. The van der Waals surface area contributed by atoms with Gasteiger partial charge in [0.2, 0.25) is 5.88 Å². The minimum absolute atomic E-state index is 0.000441. The van der Waals surface area contributed by atoms with Gasteiger partial charge in [-0.1, -0.05) is 23.7 Å². The lowest BCUT2D eigenvalue weighted by Crippen LogP contribution is -2.39. The number of alkyl halides is 3. The summed E-state index contributed by atoms with van der Waals surface area (Å²) in [7, 11) is -3.54. The molecule has 312 valence electrons. The molecule has 15 nitrogen and oxygen atoms in total. The summed E-state index contributed by atoms with van der Waals surface area (Å²) < 4.78 is 134. The minimum atomic E-state index is -6.41. The normalized spacial score (nSPS) is 13.2. The van der Waals surface area contributed by atoms with Crippen LogP contribution < -0.4 is 24.1 Å². The lowest BCUT2D eigenvalue weighted by molar-refractivity contribution is -0.0501. The quantitative estimate of drug-likeness (QED) is 0.0587. The first-order chi connectivity index (χ1) is 27.0. The van der Waals surface area contributed by atoms with Crippen LogP contribution in [0, 0.1) is 11.6 Å². The molecule has 0 saturated carbocycles. The topological polar surface area (TPSA) is 184 Å². The van der Waals surface area contributed by atoms with E-state index in [-0.39, 0.29) is 46.0 Å². The van der Waals surface area contributed by atoms with E-state index in [0.717, 1.165) is 26.6 Å². The van der Waals surface area contributed by atoms with Gasteiger partial charge < -0.3 is 19.0 Å². The van der Waals surface area contributed by atoms with Crippen molar-refractivity contribution in [3.63, 3.8) is 0 Å². The number of benzene rings is 3. The van der Waals surface area contributed by atoms with Gasteiger partial charge in [-0.25, -0.2) is 17.8 Å². The standard InChI is InChI=1S/C35H34ClF5N6O9S2/c1-34(2,3)55-33(49)42-25(16-20-14-21(37)17-22(38)15-20)31-43-27(56-58(52,53)35(39,40)41)18-28(48)47(31)26-11-10-24(36)29-30(26)45(4)44-32(29)46(57(50)51)13-12-19-6-8-23(54-5)9-7-19/h6-11,14-15,17-18,25H,12-13,16H2,1-5H3,(H,42,49)(H,50,51). The van der Waals surface area contributed by atoms with Crippen molar-refractivity contribution in [2.45, 2.75) is 50.8 Å². The summed E-state index contributed by atoms with van der Waals surface area (Å²) in [5.41, 5.74) is -8.02. The van der Waals surface area contributed by atoms with E-state index in [1.807, 2.05) is 0 Å². The summed E-state index contributed by atoms with van der Waals surface area (Å²) in [5.74, 6) is -3.77. The summed E-state index contributed by atoms with van der Waals surface area (Å²) >= 11 is 3.96. The van der Waals surface area contributed by atoms with Crippen molar-refractivity contribution in [1.29, 1.82) is 0 Å². The van der Waals surface area contributed by atoms with Crippen LogP contribution >= 0.6 is 11.6 Å². The molecule has 2 atom stereocenters. The fraction of sp³-hybridized carbons (Fsp3) is 0.314. The number of amides is 1. The predicted octanol–water partition coefficient (Wildman–Crippen LogP) is 6.28. The molecule has 2 N–H and O–H groups in total. The fourth-order valence-electron chi connectivity index (χ4n) is 5.75. The number of nitrogens with zero attached hydrogens (tertiary/aromatic N) is 5. The number of aromatic nitrogens is 4. The molecule has 0 bridgehead atoms. The third-order valence-electron chi connectivity index (χ3n) is 8.09. The Labute approximate surface area is 334 Å². The summed E-state index contributed by atoms with van der Waals surface area (Å²) in [5, 5.41) is 6.77. The van der Waals surface area contributed by atoms with Crippen LogP contribution in [0.1, 0.15) is 43.8 Å². The minimum Gasteiger partial charge on any atom is -0.497 e. The Balaban J connectivity index is 1.76. The van der Waals surface area contributed by atoms with Gasteiger partial charge in [-0.15, -0.1) is 0 Å². The highest BCUT2D eigenvalue weighted by atomic mass is 35.5. The van der Waals surface area contributed by atoms with Crippen molar-refractivity contribution < 1.29 is 57.6 Å². The van der Waals surface area contributed by atoms with E-state index < -0.39 is 79.9 Å². The largest absolute Gasteiger partial charge is 0.534 e. The number of alkyl carbamates (subject to hydrolysis) is 1. The van der Waals surface area contributed by atoms with Gasteiger partial charge in [0.05, 0.1) is 40.8 Å². The Morgan fingerprint density at radius 2 is 1.67 bits per heavy atom. The van der Waals surface area contributed by atoms with Crippen LogP contribution in [0.3, 0.4) is 0 Å². The number of fused-ring (bicyclic) bond motifs is 1. The maximum atomic E-state index is 14.4. The van der Waals surface area contributed by atoms with Crippen molar-refractivity contribution in [1.82, 2.24) is 24.6 Å². The smallest absolute Gasteiger partial charge is 0.497 e. The van der Waals surface area contributed by atoms with Gasteiger partial charge in [0.1, 0.15) is 28.8 Å². The highest BCUT2D eigenvalue weighted by molar-refractivity contribution is 7.88. The molecule has 0 saturated heterocycles. The second-order valence-electron chi connectivity index (χ2n) is 13.5. The van der Waals surface area contributed by atoms with Gasteiger partial charge in [-0.2, -0.15) is 31.7 Å². The van der Waals surface area contributed by atoms with Gasteiger partial charge in [0.25, 0.3) is 16.8 Å². The number of methoxy groups -OCH3 is 1. The van der Waals surface area contributed by atoms with Gasteiger partial charge in [0, 0.05) is 26.1 Å². The molecule has 3 aromatic carbocycles. The van der Waals surface area contributed by atoms with E-state index in [9.17, 15) is 48.7 Å². The van der Waals surface area contributed by atoms with Crippen molar-refractivity contribution >= 4 is 55.8 Å². The lowest BCUT2D eigenvalue weighted by Gasteiger charge is -2.26. The summed E-state index contributed by atoms with van der Waals surface area (Å²) in [6.07, 6.45) is -1.59. The average molecular weight is 877 g/mol. The summed E-state index contributed by atoms with van der Waals surface area (Å²) in [6, 6.07) is 10.3. The number of anilines is 1. The van der Waals surface area contributed by atoms with E-state index in [1.54, 1.807) is 24.3 Å². The van der Waals surface area contributed by atoms with E-state index in [2.05, 4.69) is 19.6 Å². The molecule has 0 spiro atoms. The third kappa shape index (κ3) is 10.0. The molecule has 2 unspecified atom stereocenters. The number of aryl methyl sites for hydroxylation is 1. The number of halogens is 6. The zero-order valence-corrected chi connectivity index (χ0v) is 33.4. The van der Waals surface area contributed by atoms with Crippen molar-refractivity contribution in [3.8, 4) is 17.3 Å². The second kappa shape index (κ2) is 16.9. The number of hydrogen-bond donors (Lipinski definition) is 2. The Hall–Kier alpha value is -5.32. The zero-order valence-electron chi connectivity index (χ0n) is 31.0. The van der Waals surface area contributed by atoms with Gasteiger partial charge in [-0.05, 0) is 74.7 Å². The lowest BCUT2D eigenvalue weighted by atomic mass is 10.0. The van der Waals surface area contributed by atoms with Crippen LogP contribution in [0.2, 0.25) is 5.02 Å². The van der Waals surface area contributed by atoms with Gasteiger partial charge >= 0.3 is 21.7 Å². The Kier molecular flexibility index (Phi) is 12.7. The van der Waals surface area contributed by atoms with Crippen LogP contribution in [0.25, 0.3) is 16.6 Å². The molecular formula is C35H34ClF5N6O9S2. The monoisotopic (exact) mass is 876 g/mol. The Morgan fingerprint density at radius 3 is 2.24 bits per heavy atom. The number of hydrogen-bond acceptors (Lipinski definition) is 10. The average Bonchev–Trinajstić information content (AvgIpc) is 3.44. The highest BCUT2D eigenvalue weighted by Crippen LogP contribution is 2.37. The molecule has 5 aromatic rings. The van der Waals surface area contributed by atoms with Crippen LogP contribution in [0.15, 0.2) is 65.5 Å². The highest BCUT2D eigenvalue weighted by Gasteiger charge is 2.49. The van der Waals surface area contributed by atoms with Crippen LogP contribution in [-0.4, -0.2) is 67.4 Å². The van der Waals surface area contributed by atoms with E-state index in [1.165, 1.54) is 51.7 Å². The van der Waals surface area contributed by atoms with Crippen molar-refractivity contribution in [3.05, 3.63) is 105 Å². The van der Waals surface area contributed by atoms with Gasteiger partial charge in [-0.3, -0.25) is 22.9 Å². The van der Waals surface area contributed by atoms with Crippen molar-refractivity contribution in [2.75, 3.05) is 18.0 Å². The molecule has 0 fully saturated rings. The molecule has 0 aliphatic rings. The van der Waals surface area contributed by atoms with Crippen LogP contribution in [-0.2, 0) is 46.0 Å². The molecule has 0 aliphatic carbocycles. The number of rotatable bonds is 13. The first-order valence-electron chi connectivity index (χ1n) is 16.7. The summed E-state index contributed by atoms with van der Waals surface area (Å²) in [6.45, 7) is 4.40. The molecule has 2 heterocycles. The van der Waals surface area contributed by atoms with E-state index in [4.69, 9.17) is 21.1 Å². The maximum Gasteiger partial charge on any atom is 0.534 e. The number of carbonyl (C=O) groups excluding carboxylic acids is 1. The molecule has 1 amide bonds. The molecule has 23 heteroatoms. The third-order valence-corrected chi connectivity index (χ3v) is 10.1. The Bertz CT molecular complexity index is 2530. The van der Waals surface area contributed by atoms with Crippen LogP contribution in [0.4, 0.5) is 32.6 Å². The maximum absolute atomic E-state index is 14.4. The Morgan fingerprint density at radius 1 is 1.03 bits per heavy atom. The first-order valence-corrected chi connectivity index (χ1v) is 19.6.